The fourth-order valence-corrected chi connectivity index (χ4v) is 2.21. The first-order chi connectivity index (χ1) is 10.6. The van der Waals surface area contributed by atoms with E-state index in [-0.39, 0.29) is 30.0 Å². The molecule has 0 spiro atoms. The SMILES string of the molecule is CC(C)(C)c1ccc(OCC(=O)NCCCO)c(C(C)(C)C)c1. The second-order valence-electron chi connectivity index (χ2n) is 7.93. The molecule has 130 valence electrons. The number of aliphatic hydroxyl groups excluding tert-OH is 1. The van der Waals surface area contributed by atoms with Crippen LogP contribution >= 0.6 is 0 Å². The van der Waals surface area contributed by atoms with E-state index in [1.807, 2.05) is 6.07 Å². The molecule has 23 heavy (non-hydrogen) atoms. The van der Waals surface area contributed by atoms with Crippen LogP contribution in [0.2, 0.25) is 0 Å². The number of benzene rings is 1. The number of nitrogens with one attached hydrogen (secondary N) is 1. The van der Waals surface area contributed by atoms with Crippen molar-refractivity contribution in [1.29, 1.82) is 0 Å². The minimum absolute atomic E-state index is 0.0105. The third-order valence-corrected chi connectivity index (χ3v) is 3.67. The highest BCUT2D eigenvalue weighted by Crippen LogP contribution is 2.35. The molecule has 0 bridgehead atoms. The highest BCUT2D eigenvalue weighted by atomic mass is 16.5. The lowest BCUT2D eigenvalue weighted by atomic mass is 9.80. The number of carbonyl (C=O) groups excluding carboxylic acids is 1. The molecule has 0 aliphatic carbocycles. The third kappa shape index (κ3) is 6.22. The summed E-state index contributed by atoms with van der Waals surface area (Å²) in [4.78, 5) is 11.8. The zero-order valence-corrected chi connectivity index (χ0v) is 15.3. The summed E-state index contributed by atoms with van der Waals surface area (Å²) in [5.41, 5.74) is 2.36. The summed E-state index contributed by atoms with van der Waals surface area (Å²) >= 11 is 0. The van der Waals surface area contributed by atoms with Gasteiger partial charge < -0.3 is 15.2 Å². The van der Waals surface area contributed by atoms with Gasteiger partial charge in [-0.2, -0.15) is 0 Å². The lowest BCUT2D eigenvalue weighted by Gasteiger charge is -2.27. The molecule has 0 aliphatic heterocycles. The van der Waals surface area contributed by atoms with Crippen molar-refractivity contribution in [2.24, 2.45) is 0 Å². The average molecular weight is 321 g/mol. The molecule has 4 heteroatoms. The summed E-state index contributed by atoms with van der Waals surface area (Å²) in [6.45, 7) is 13.5. The highest BCUT2D eigenvalue weighted by Gasteiger charge is 2.23. The minimum Gasteiger partial charge on any atom is -0.483 e. The average Bonchev–Trinajstić information content (AvgIpc) is 2.43. The van der Waals surface area contributed by atoms with Crippen LogP contribution in [0.4, 0.5) is 0 Å². The summed E-state index contributed by atoms with van der Waals surface area (Å²) < 4.78 is 5.75. The van der Waals surface area contributed by atoms with Crippen molar-refractivity contribution in [2.45, 2.75) is 58.8 Å². The Morgan fingerprint density at radius 2 is 1.78 bits per heavy atom. The van der Waals surface area contributed by atoms with E-state index < -0.39 is 0 Å². The van der Waals surface area contributed by atoms with Crippen LogP contribution in [-0.2, 0) is 15.6 Å². The Kier molecular flexibility index (Phi) is 6.63. The van der Waals surface area contributed by atoms with Crippen molar-refractivity contribution in [3.63, 3.8) is 0 Å². The maximum atomic E-state index is 11.8. The van der Waals surface area contributed by atoms with Gasteiger partial charge in [-0.3, -0.25) is 4.79 Å². The Hall–Kier alpha value is -1.55. The molecule has 1 aromatic rings. The Balaban J connectivity index is 2.88. The zero-order chi connectivity index (χ0) is 17.7. The molecular formula is C19H31NO3. The lowest BCUT2D eigenvalue weighted by molar-refractivity contribution is -0.123. The van der Waals surface area contributed by atoms with Gasteiger partial charge in [0, 0.05) is 13.2 Å². The van der Waals surface area contributed by atoms with Gasteiger partial charge in [-0.05, 0) is 34.4 Å². The summed E-state index contributed by atoms with van der Waals surface area (Å²) in [7, 11) is 0. The van der Waals surface area contributed by atoms with Gasteiger partial charge in [0.25, 0.3) is 5.91 Å². The van der Waals surface area contributed by atoms with Crippen LogP contribution in [0.15, 0.2) is 18.2 Å². The first-order valence-electron chi connectivity index (χ1n) is 8.21. The van der Waals surface area contributed by atoms with Gasteiger partial charge in [-0.1, -0.05) is 53.7 Å². The van der Waals surface area contributed by atoms with E-state index in [1.165, 1.54) is 5.56 Å². The molecule has 0 aromatic heterocycles. The molecule has 0 saturated heterocycles. The standard InChI is InChI=1S/C19H31NO3/c1-18(2,3)14-8-9-16(15(12-14)19(4,5)6)23-13-17(22)20-10-7-11-21/h8-9,12,21H,7,10-11,13H2,1-6H3,(H,20,22). The molecule has 0 atom stereocenters. The summed E-state index contributed by atoms with van der Waals surface area (Å²) in [6, 6.07) is 6.20. The molecule has 0 heterocycles. The zero-order valence-electron chi connectivity index (χ0n) is 15.3. The summed E-state index contributed by atoms with van der Waals surface area (Å²) in [6.07, 6.45) is 0.555. The fourth-order valence-electron chi connectivity index (χ4n) is 2.21. The van der Waals surface area contributed by atoms with E-state index in [0.717, 1.165) is 11.3 Å². The van der Waals surface area contributed by atoms with Gasteiger partial charge in [0.15, 0.2) is 6.61 Å². The molecule has 0 radical (unpaired) electrons. The number of carbonyl (C=O) groups is 1. The van der Waals surface area contributed by atoms with Crippen molar-refractivity contribution in [3.8, 4) is 5.75 Å². The molecule has 0 fully saturated rings. The second-order valence-corrected chi connectivity index (χ2v) is 7.93. The summed E-state index contributed by atoms with van der Waals surface area (Å²) in [5, 5.41) is 11.4. The van der Waals surface area contributed by atoms with Crippen LogP contribution in [0.5, 0.6) is 5.75 Å². The maximum absolute atomic E-state index is 11.8. The minimum atomic E-state index is -0.168. The monoisotopic (exact) mass is 321 g/mol. The normalized spacial score (nSPS) is 12.1. The Bertz CT molecular complexity index is 524. The van der Waals surface area contributed by atoms with Gasteiger partial charge >= 0.3 is 0 Å². The van der Waals surface area contributed by atoms with E-state index in [9.17, 15) is 4.79 Å². The second kappa shape index (κ2) is 7.82. The maximum Gasteiger partial charge on any atom is 0.257 e. The van der Waals surface area contributed by atoms with E-state index in [1.54, 1.807) is 0 Å². The van der Waals surface area contributed by atoms with E-state index in [0.29, 0.717) is 13.0 Å². The largest absolute Gasteiger partial charge is 0.483 e. The molecule has 0 unspecified atom stereocenters. The van der Waals surface area contributed by atoms with Crippen molar-refractivity contribution >= 4 is 5.91 Å². The van der Waals surface area contributed by atoms with E-state index in [2.05, 4.69) is 59.0 Å². The molecule has 0 saturated carbocycles. The van der Waals surface area contributed by atoms with Crippen LogP contribution in [0.3, 0.4) is 0 Å². The smallest absolute Gasteiger partial charge is 0.257 e. The lowest BCUT2D eigenvalue weighted by Crippen LogP contribution is -2.30. The predicted molar refractivity (Wildman–Crippen MR) is 94.0 cm³/mol. The number of amides is 1. The van der Waals surface area contributed by atoms with E-state index >= 15 is 0 Å². The molecule has 1 rings (SSSR count). The molecular weight excluding hydrogens is 290 g/mol. The molecule has 1 aromatic carbocycles. The number of hydrogen-bond acceptors (Lipinski definition) is 3. The number of rotatable bonds is 6. The molecule has 4 nitrogen and oxygen atoms in total. The predicted octanol–water partition coefficient (Wildman–Crippen LogP) is 3.16. The first kappa shape index (κ1) is 19.5. The Labute approximate surface area is 140 Å². The van der Waals surface area contributed by atoms with Gasteiger partial charge in [0.05, 0.1) is 0 Å². The summed E-state index contributed by atoms with van der Waals surface area (Å²) in [5.74, 6) is 0.584. The van der Waals surface area contributed by atoms with Crippen LogP contribution in [-0.4, -0.2) is 30.8 Å². The number of ether oxygens (including phenoxy) is 1. The van der Waals surface area contributed by atoms with Gasteiger partial charge in [-0.25, -0.2) is 0 Å². The van der Waals surface area contributed by atoms with Crippen LogP contribution in [0.25, 0.3) is 0 Å². The van der Waals surface area contributed by atoms with Gasteiger partial charge in [0.1, 0.15) is 5.75 Å². The Morgan fingerprint density at radius 3 is 2.30 bits per heavy atom. The molecule has 0 aliphatic rings. The van der Waals surface area contributed by atoms with Crippen molar-refractivity contribution in [2.75, 3.05) is 19.8 Å². The number of hydrogen-bond donors (Lipinski definition) is 2. The number of aliphatic hydroxyl groups is 1. The molecule has 1 amide bonds. The van der Waals surface area contributed by atoms with Gasteiger partial charge in [-0.15, -0.1) is 0 Å². The van der Waals surface area contributed by atoms with E-state index in [4.69, 9.17) is 9.84 Å². The van der Waals surface area contributed by atoms with Gasteiger partial charge in [0.2, 0.25) is 0 Å². The topological polar surface area (TPSA) is 58.6 Å². The quantitative estimate of drug-likeness (QED) is 0.791. The van der Waals surface area contributed by atoms with Crippen molar-refractivity contribution in [1.82, 2.24) is 5.32 Å². The fraction of sp³-hybridized carbons (Fsp3) is 0.632. The first-order valence-corrected chi connectivity index (χ1v) is 8.21. The van der Waals surface area contributed by atoms with Crippen LogP contribution < -0.4 is 10.1 Å². The van der Waals surface area contributed by atoms with Crippen LogP contribution in [0, 0.1) is 0 Å². The van der Waals surface area contributed by atoms with Crippen LogP contribution in [0.1, 0.15) is 59.1 Å². The highest BCUT2D eigenvalue weighted by molar-refractivity contribution is 5.77. The van der Waals surface area contributed by atoms with Crippen molar-refractivity contribution < 1.29 is 14.6 Å². The molecule has 2 N–H and O–H groups in total. The third-order valence-electron chi connectivity index (χ3n) is 3.67. The Morgan fingerprint density at radius 1 is 1.13 bits per heavy atom. The van der Waals surface area contributed by atoms with Crippen molar-refractivity contribution in [3.05, 3.63) is 29.3 Å².